The first-order chi connectivity index (χ1) is 7.36. The van der Waals surface area contributed by atoms with Crippen LogP contribution in [0.2, 0.25) is 0 Å². The van der Waals surface area contributed by atoms with E-state index >= 15 is 0 Å². The van der Waals surface area contributed by atoms with Gasteiger partial charge in [-0.25, -0.2) is 4.68 Å². The van der Waals surface area contributed by atoms with E-state index < -0.39 is 0 Å². The Morgan fingerprint density at radius 2 is 2.33 bits per heavy atom. The first-order valence-electron chi connectivity index (χ1n) is 5.31. The summed E-state index contributed by atoms with van der Waals surface area (Å²) in [5.41, 5.74) is 1.43. The topological polar surface area (TPSA) is 74.7 Å². The van der Waals surface area contributed by atoms with Crippen LogP contribution in [0.25, 0.3) is 0 Å². The average Bonchev–Trinajstić information content (AvgIpc) is 2.56. The van der Waals surface area contributed by atoms with Crippen molar-refractivity contribution >= 4 is 0 Å². The molecular formula is C10H14N4O. The molecule has 1 saturated carbocycles. The Morgan fingerprint density at radius 1 is 1.53 bits per heavy atom. The lowest BCUT2D eigenvalue weighted by Gasteiger charge is -2.25. The Hall–Kier alpha value is -1.41. The zero-order chi connectivity index (χ0) is 10.7. The first kappa shape index (κ1) is 10.1. The molecule has 2 rings (SSSR count). The summed E-state index contributed by atoms with van der Waals surface area (Å²) in [4.78, 5) is 0. The molecule has 1 fully saturated rings. The van der Waals surface area contributed by atoms with E-state index in [-0.39, 0.29) is 6.61 Å². The summed E-state index contributed by atoms with van der Waals surface area (Å²) in [5.74, 6) is 0.452. The van der Waals surface area contributed by atoms with Crippen LogP contribution in [0.3, 0.4) is 0 Å². The number of rotatable bonds is 4. The lowest BCUT2D eigenvalue weighted by atomic mass is 9.82. The second-order valence-corrected chi connectivity index (χ2v) is 3.86. The molecule has 0 aromatic carbocycles. The standard InChI is InChI=1S/C10H14N4O/c11-7-9-10(8-3-1-4-8)14(13-12-9)5-2-6-15/h8,15H,1-6H2. The van der Waals surface area contributed by atoms with Gasteiger partial charge in [-0.3, -0.25) is 0 Å². The number of nitriles is 1. The quantitative estimate of drug-likeness (QED) is 0.790. The third-order valence-corrected chi connectivity index (χ3v) is 2.90. The van der Waals surface area contributed by atoms with Gasteiger partial charge in [-0.05, 0) is 19.3 Å². The highest BCUT2D eigenvalue weighted by molar-refractivity contribution is 5.28. The molecule has 0 radical (unpaired) electrons. The molecule has 0 unspecified atom stereocenters. The van der Waals surface area contributed by atoms with Crippen LogP contribution in [0.15, 0.2) is 0 Å². The van der Waals surface area contributed by atoms with Gasteiger partial charge in [-0.2, -0.15) is 5.26 Å². The summed E-state index contributed by atoms with van der Waals surface area (Å²) >= 11 is 0. The molecule has 0 bridgehead atoms. The molecule has 0 saturated heterocycles. The third kappa shape index (κ3) is 1.85. The Kier molecular flexibility index (Phi) is 2.97. The van der Waals surface area contributed by atoms with E-state index in [0.717, 1.165) is 18.5 Å². The Bertz CT molecular complexity index is 375. The molecule has 5 heteroatoms. The molecule has 0 aliphatic heterocycles. The minimum Gasteiger partial charge on any atom is -0.396 e. The number of aryl methyl sites for hydroxylation is 1. The highest BCUT2D eigenvalue weighted by atomic mass is 16.3. The summed E-state index contributed by atoms with van der Waals surface area (Å²) in [6.07, 6.45) is 4.14. The summed E-state index contributed by atoms with van der Waals surface area (Å²) < 4.78 is 1.78. The van der Waals surface area contributed by atoms with Crippen LogP contribution < -0.4 is 0 Å². The van der Waals surface area contributed by atoms with E-state index in [1.165, 1.54) is 6.42 Å². The Morgan fingerprint density at radius 3 is 2.87 bits per heavy atom. The lowest BCUT2D eigenvalue weighted by molar-refractivity contribution is 0.272. The number of aromatic nitrogens is 3. The number of aliphatic hydroxyl groups is 1. The van der Waals surface area contributed by atoms with Gasteiger partial charge in [0.15, 0.2) is 5.69 Å². The van der Waals surface area contributed by atoms with Crippen molar-refractivity contribution in [1.29, 1.82) is 5.26 Å². The van der Waals surface area contributed by atoms with Gasteiger partial charge in [0.2, 0.25) is 0 Å². The van der Waals surface area contributed by atoms with Crippen LogP contribution in [0.1, 0.15) is 43.0 Å². The third-order valence-electron chi connectivity index (χ3n) is 2.90. The van der Waals surface area contributed by atoms with E-state index in [1.54, 1.807) is 4.68 Å². The molecule has 1 aromatic rings. The van der Waals surface area contributed by atoms with Crippen LogP contribution in [0.4, 0.5) is 0 Å². The predicted octanol–water partition coefficient (Wildman–Crippen LogP) is 0.800. The second-order valence-electron chi connectivity index (χ2n) is 3.86. The highest BCUT2D eigenvalue weighted by Crippen LogP contribution is 2.37. The second kappa shape index (κ2) is 4.41. The number of hydrogen-bond acceptors (Lipinski definition) is 4. The highest BCUT2D eigenvalue weighted by Gasteiger charge is 2.27. The molecule has 5 nitrogen and oxygen atoms in total. The average molecular weight is 206 g/mol. The summed E-state index contributed by atoms with van der Waals surface area (Å²) in [7, 11) is 0. The van der Waals surface area contributed by atoms with Crippen molar-refractivity contribution in [3.63, 3.8) is 0 Å². The fraction of sp³-hybridized carbons (Fsp3) is 0.700. The maximum atomic E-state index is 8.91. The number of nitrogens with zero attached hydrogens (tertiary/aromatic N) is 4. The zero-order valence-electron chi connectivity index (χ0n) is 8.56. The maximum Gasteiger partial charge on any atom is 0.186 e. The van der Waals surface area contributed by atoms with Gasteiger partial charge in [-0.15, -0.1) is 5.10 Å². The van der Waals surface area contributed by atoms with E-state index in [0.29, 0.717) is 24.6 Å². The van der Waals surface area contributed by atoms with Crippen molar-refractivity contribution in [2.24, 2.45) is 0 Å². The van der Waals surface area contributed by atoms with E-state index in [1.807, 2.05) is 0 Å². The van der Waals surface area contributed by atoms with Crippen molar-refractivity contribution < 1.29 is 5.11 Å². The number of hydrogen-bond donors (Lipinski definition) is 1. The molecule has 80 valence electrons. The summed E-state index contributed by atoms with van der Waals surface area (Å²) in [5, 5.41) is 25.5. The molecule has 0 atom stereocenters. The van der Waals surface area contributed by atoms with Crippen molar-refractivity contribution in [3.05, 3.63) is 11.4 Å². The molecular weight excluding hydrogens is 192 g/mol. The smallest absolute Gasteiger partial charge is 0.186 e. The summed E-state index contributed by atoms with van der Waals surface area (Å²) in [6.45, 7) is 0.795. The van der Waals surface area contributed by atoms with E-state index in [9.17, 15) is 0 Å². The van der Waals surface area contributed by atoms with Gasteiger partial charge < -0.3 is 5.11 Å². The van der Waals surface area contributed by atoms with Gasteiger partial charge in [0.1, 0.15) is 6.07 Å². The normalized spacial score (nSPS) is 16.0. The lowest BCUT2D eigenvalue weighted by Crippen LogP contribution is -2.16. The van der Waals surface area contributed by atoms with Crippen molar-refractivity contribution in [3.8, 4) is 6.07 Å². The van der Waals surface area contributed by atoms with Gasteiger partial charge in [0, 0.05) is 19.1 Å². The molecule has 15 heavy (non-hydrogen) atoms. The van der Waals surface area contributed by atoms with Gasteiger partial charge in [0.05, 0.1) is 5.69 Å². The minimum atomic E-state index is 0.145. The predicted molar refractivity (Wildman–Crippen MR) is 53.0 cm³/mol. The van der Waals surface area contributed by atoms with Crippen molar-refractivity contribution in [2.45, 2.75) is 38.1 Å². The van der Waals surface area contributed by atoms with Crippen LogP contribution >= 0.6 is 0 Å². The Labute approximate surface area is 88.3 Å². The first-order valence-corrected chi connectivity index (χ1v) is 5.31. The van der Waals surface area contributed by atoms with Crippen molar-refractivity contribution in [1.82, 2.24) is 15.0 Å². The van der Waals surface area contributed by atoms with Gasteiger partial charge in [-0.1, -0.05) is 11.6 Å². The minimum absolute atomic E-state index is 0.145. The van der Waals surface area contributed by atoms with Crippen LogP contribution in [0.5, 0.6) is 0 Å². The van der Waals surface area contributed by atoms with Crippen LogP contribution in [0, 0.1) is 11.3 Å². The van der Waals surface area contributed by atoms with Crippen LogP contribution in [-0.4, -0.2) is 26.7 Å². The summed E-state index contributed by atoms with van der Waals surface area (Å²) in [6, 6.07) is 2.08. The molecule has 1 N–H and O–H groups in total. The van der Waals surface area contributed by atoms with Crippen molar-refractivity contribution in [2.75, 3.05) is 6.61 Å². The molecule has 0 spiro atoms. The van der Waals surface area contributed by atoms with E-state index in [4.69, 9.17) is 10.4 Å². The monoisotopic (exact) mass is 206 g/mol. The van der Waals surface area contributed by atoms with E-state index in [2.05, 4.69) is 16.4 Å². The fourth-order valence-electron chi connectivity index (χ4n) is 1.87. The van der Waals surface area contributed by atoms with Gasteiger partial charge in [0.25, 0.3) is 0 Å². The SMILES string of the molecule is N#Cc1nnn(CCCO)c1C1CCC1. The largest absolute Gasteiger partial charge is 0.396 e. The molecule has 1 aliphatic carbocycles. The molecule has 1 aliphatic rings. The molecule has 0 amide bonds. The molecule has 1 heterocycles. The van der Waals surface area contributed by atoms with Crippen LogP contribution in [-0.2, 0) is 6.54 Å². The van der Waals surface area contributed by atoms with Gasteiger partial charge >= 0.3 is 0 Å². The zero-order valence-corrected chi connectivity index (χ0v) is 8.56. The molecule has 1 aromatic heterocycles. The Balaban J connectivity index is 2.21. The maximum absolute atomic E-state index is 8.91. The fourth-order valence-corrected chi connectivity index (χ4v) is 1.87. The number of aliphatic hydroxyl groups excluding tert-OH is 1.